The van der Waals surface area contributed by atoms with Crippen molar-refractivity contribution in [2.75, 3.05) is 0 Å². The maximum atomic E-state index is 11.5. The lowest BCUT2D eigenvalue weighted by Crippen LogP contribution is -2.11. The Morgan fingerprint density at radius 2 is 1.77 bits per heavy atom. The van der Waals surface area contributed by atoms with Crippen LogP contribution in [0.25, 0.3) is 0 Å². The standard InChI is InChI=1S/C11H20O2/c1-5-9(6-2)11(13)7-10(12)8(3)4/h7-9,12H,5-6H2,1-4H3. The topological polar surface area (TPSA) is 37.3 Å². The molecule has 0 aliphatic heterocycles. The van der Waals surface area contributed by atoms with Crippen LogP contribution >= 0.6 is 0 Å². The second-order valence-corrected chi connectivity index (χ2v) is 3.64. The summed E-state index contributed by atoms with van der Waals surface area (Å²) in [5.41, 5.74) is 0. The molecule has 13 heavy (non-hydrogen) atoms. The number of hydrogen-bond acceptors (Lipinski definition) is 2. The molecule has 0 fully saturated rings. The Bertz CT molecular complexity index is 188. The summed E-state index contributed by atoms with van der Waals surface area (Å²) in [5, 5.41) is 9.38. The van der Waals surface area contributed by atoms with E-state index >= 15 is 0 Å². The molecule has 0 spiro atoms. The van der Waals surface area contributed by atoms with Gasteiger partial charge >= 0.3 is 0 Å². The first-order valence-electron chi connectivity index (χ1n) is 4.97. The summed E-state index contributed by atoms with van der Waals surface area (Å²) < 4.78 is 0. The third-order valence-electron chi connectivity index (χ3n) is 2.27. The molecule has 0 radical (unpaired) electrons. The molecular weight excluding hydrogens is 164 g/mol. The zero-order chi connectivity index (χ0) is 10.4. The normalized spacial score (nSPS) is 12.6. The summed E-state index contributed by atoms with van der Waals surface area (Å²) in [6.07, 6.45) is 3.07. The van der Waals surface area contributed by atoms with Crippen molar-refractivity contribution in [3.05, 3.63) is 11.8 Å². The van der Waals surface area contributed by atoms with Crippen LogP contribution in [0.4, 0.5) is 0 Å². The van der Waals surface area contributed by atoms with Crippen molar-refractivity contribution in [1.29, 1.82) is 0 Å². The highest BCUT2D eigenvalue weighted by Crippen LogP contribution is 2.12. The van der Waals surface area contributed by atoms with Crippen molar-refractivity contribution in [3.8, 4) is 0 Å². The fourth-order valence-corrected chi connectivity index (χ4v) is 1.12. The predicted molar refractivity (Wildman–Crippen MR) is 54.6 cm³/mol. The van der Waals surface area contributed by atoms with Gasteiger partial charge in [0.05, 0.1) is 5.76 Å². The zero-order valence-corrected chi connectivity index (χ0v) is 9.00. The third kappa shape index (κ3) is 4.11. The molecule has 2 heteroatoms. The lowest BCUT2D eigenvalue weighted by molar-refractivity contribution is -0.118. The van der Waals surface area contributed by atoms with E-state index < -0.39 is 0 Å². The first-order chi connectivity index (χ1) is 6.02. The van der Waals surface area contributed by atoms with Crippen LogP contribution in [0.5, 0.6) is 0 Å². The number of aliphatic hydroxyl groups excluding tert-OH is 1. The molecule has 0 saturated heterocycles. The Balaban J connectivity index is 4.35. The fraction of sp³-hybridized carbons (Fsp3) is 0.727. The fourth-order valence-electron chi connectivity index (χ4n) is 1.12. The minimum atomic E-state index is 0.0401. The number of ketones is 1. The van der Waals surface area contributed by atoms with Gasteiger partial charge in [0.15, 0.2) is 5.78 Å². The van der Waals surface area contributed by atoms with Crippen molar-refractivity contribution in [1.82, 2.24) is 0 Å². The highest BCUT2D eigenvalue weighted by molar-refractivity contribution is 5.92. The number of rotatable bonds is 5. The van der Waals surface area contributed by atoms with E-state index in [0.29, 0.717) is 0 Å². The van der Waals surface area contributed by atoms with Crippen LogP contribution in [0.2, 0.25) is 0 Å². The number of carbonyl (C=O) groups is 1. The van der Waals surface area contributed by atoms with Crippen molar-refractivity contribution in [3.63, 3.8) is 0 Å². The number of hydrogen-bond donors (Lipinski definition) is 1. The van der Waals surface area contributed by atoms with E-state index in [4.69, 9.17) is 0 Å². The monoisotopic (exact) mass is 184 g/mol. The molecule has 0 unspecified atom stereocenters. The van der Waals surface area contributed by atoms with E-state index in [0.717, 1.165) is 12.8 Å². The second kappa shape index (κ2) is 5.79. The molecule has 0 aliphatic rings. The van der Waals surface area contributed by atoms with E-state index in [2.05, 4.69) is 0 Å². The number of aliphatic hydroxyl groups is 1. The molecule has 0 heterocycles. The average molecular weight is 184 g/mol. The van der Waals surface area contributed by atoms with Crippen molar-refractivity contribution in [2.45, 2.75) is 40.5 Å². The quantitative estimate of drug-likeness (QED) is 0.526. The molecule has 0 aromatic carbocycles. The van der Waals surface area contributed by atoms with Crippen molar-refractivity contribution < 1.29 is 9.90 Å². The van der Waals surface area contributed by atoms with E-state index in [1.165, 1.54) is 6.08 Å². The second-order valence-electron chi connectivity index (χ2n) is 3.64. The summed E-state index contributed by atoms with van der Waals surface area (Å²) in [4.78, 5) is 11.5. The highest BCUT2D eigenvalue weighted by Gasteiger charge is 2.13. The molecular formula is C11H20O2. The summed E-state index contributed by atoms with van der Waals surface area (Å²) >= 11 is 0. The van der Waals surface area contributed by atoms with Crippen molar-refractivity contribution in [2.24, 2.45) is 11.8 Å². The van der Waals surface area contributed by atoms with Gasteiger partial charge in [-0.3, -0.25) is 4.79 Å². The molecule has 76 valence electrons. The summed E-state index contributed by atoms with van der Waals surface area (Å²) in [5.74, 6) is 0.354. The van der Waals surface area contributed by atoms with Gasteiger partial charge in [0.2, 0.25) is 0 Å². The largest absolute Gasteiger partial charge is 0.512 e. The van der Waals surface area contributed by atoms with Gasteiger partial charge in [0, 0.05) is 17.9 Å². The van der Waals surface area contributed by atoms with Gasteiger partial charge in [0.1, 0.15) is 0 Å². The SMILES string of the molecule is CCC(CC)C(=O)C=C(O)C(C)C. The number of carbonyl (C=O) groups excluding carboxylic acids is 1. The molecule has 0 bridgehead atoms. The summed E-state index contributed by atoms with van der Waals surface area (Å²) in [7, 11) is 0. The summed E-state index contributed by atoms with van der Waals surface area (Å²) in [6.45, 7) is 7.72. The predicted octanol–water partition coefficient (Wildman–Crippen LogP) is 3.09. The lowest BCUT2D eigenvalue weighted by Gasteiger charge is -2.09. The molecule has 0 rings (SSSR count). The van der Waals surface area contributed by atoms with E-state index in [1.807, 2.05) is 27.7 Å². The molecule has 0 aromatic heterocycles. The van der Waals surface area contributed by atoms with Gasteiger partial charge in [-0.15, -0.1) is 0 Å². The Morgan fingerprint density at radius 3 is 2.08 bits per heavy atom. The summed E-state index contributed by atoms with van der Waals surface area (Å²) in [6, 6.07) is 0. The molecule has 0 saturated carbocycles. The average Bonchev–Trinajstić information content (AvgIpc) is 2.06. The van der Waals surface area contributed by atoms with Crippen LogP contribution < -0.4 is 0 Å². The maximum absolute atomic E-state index is 11.5. The van der Waals surface area contributed by atoms with E-state index in [1.54, 1.807) is 0 Å². The first-order valence-corrected chi connectivity index (χ1v) is 4.97. The smallest absolute Gasteiger partial charge is 0.162 e. The maximum Gasteiger partial charge on any atom is 0.162 e. The van der Waals surface area contributed by atoms with Gasteiger partial charge in [-0.05, 0) is 12.8 Å². The van der Waals surface area contributed by atoms with E-state index in [9.17, 15) is 9.90 Å². The Labute approximate surface area is 80.7 Å². The number of allylic oxidation sites excluding steroid dienone is 2. The van der Waals surface area contributed by atoms with Gasteiger partial charge in [0.25, 0.3) is 0 Å². The van der Waals surface area contributed by atoms with Gasteiger partial charge in [-0.2, -0.15) is 0 Å². The third-order valence-corrected chi connectivity index (χ3v) is 2.27. The Kier molecular flexibility index (Phi) is 5.44. The molecule has 2 nitrogen and oxygen atoms in total. The molecule has 0 aromatic rings. The van der Waals surface area contributed by atoms with Gasteiger partial charge < -0.3 is 5.11 Å². The highest BCUT2D eigenvalue weighted by atomic mass is 16.3. The van der Waals surface area contributed by atoms with Crippen LogP contribution in [0, 0.1) is 11.8 Å². The minimum Gasteiger partial charge on any atom is -0.512 e. The van der Waals surface area contributed by atoms with Gasteiger partial charge in [-0.25, -0.2) is 0 Å². The van der Waals surface area contributed by atoms with Gasteiger partial charge in [-0.1, -0.05) is 27.7 Å². The first kappa shape index (κ1) is 12.2. The van der Waals surface area contributed by atoms with Crippen LogP contribution in [-0.4, -0.2) is 10.9 Å². The molecule has 0 atom stereocenters. The minimum absolute atomic E-state index is 0.0401. The zero-order valence-electron chi connectivity index (χ0n) is 9.00. The van der Waals surface area contributed by atoms with Crippen LogP contribution in [-0.2, 0) is 4.79 Å². The van der Waals surface area contributed by atoms with Crippen LogP contribution in [0.15, 0.2) is 11.8 Å². The molecule has 1 N–H and O–H groups in total. The van der Waals surface area contributed by atoms with E-state index in [-0.39, 0.29) is 23.4 Å². The van der Waals surface area contributed by atoms with Crippen molar-refractivity contribution >= 4 is 5.78 Å². The Morgan fingerprint density at radius 1 is 1.31 bits per heavy atom. The lowest BCUT2D eigenvalue weighted by atomic mass is 9.96. The molecule has 0 amide bonds. The Hall–Kier alpha value is -0.790. The van der Waals surface area contributed by atoms with Crippen LogP contribution in [0.1, 0.15) is 40.5 Å². The molecule has 0 aliphatic carbocycles. The van der Waals surface area contributed by atoms with Crippen LogP contribution in [0.3, 0.4) is 0 Å².